The van der Waals surface area contributed by atoms with Gasteiger partial charge in [-0.05, 0) is 35.7 Å². The highest BCUT2D eigenvalue weighted by Crippen LogP contribution is 2.34. The van der Waals surface area contributed by atoms with E-state index in [1.807, 2.05) is 0 Å². The average molecular weight is 413 g/mol. The van der Waals surface area contributed by atoms with Crippen LogP contribution in [-0.2, 0) is 10.9 Å². The topological polar surface area (TPSA) is 87.2 Å². The van der Waals surface area contributed by atoms with Gasteiger partial charge in [0.25, 0.3) is 5.56 Å². The van der Waals surface area contributed by atoms with Crippen LogP contribution in [-0.4, -0.2) is 22.6 Å². The summed E-state index contributed by atoms with van der Waals surface area (Å²) in [6.07, 6.45) is -1.47. The summed E-state index contributed by atoms with van der Waals surface area (Å²) in [6, 6.07) is 9.44. The van der Waals surface area contributed by atoms with Gasteiger partial charge in [0.15, 0.2) is 0 Å². The van der Waals surface area contributed by atoms with Crippen LogP contribution in [0.2, 0.25) is 0 Å². The molecule has 0 saturated heterocycles. The van der Waals surface area contributed by atoms with Gasteiger partial charge in [-0.15, -0.1) is 0 Å². The lowest BCUT2D eigenvalue weighted by atomic mass is 10.0. The molecule has 0 atom stereocenters. The van der Waals surface area contributed by atoms with Gasteiger partial charge in [0.05, 0.1) is 23.9 Å². The Labute approximate surface area is 167 Å². The maximum Gasteiger partial charge on any atom is 0.416 e. The Morgan fingerprint density at radius 2 is 1.87 bits per heavy atom. The van der Waals surface area contributed by atoms with Gasteiger partial charge in [-0.1, -0.05) is 12.1 Å². The molecule has 152 valence electrons. The number of anilines is 1. The SMILES string of the molecule is COC(=O)c1c(N)c2ccc(C(F)(F)F)cc2n(-c2ccc3ccncc3c2)c1=O. The van der Waals surface area contributed by atoms with Gasteiger partial charge in [0.2, 0.25) is 0 Å². The molecule has 2 N–H and O–H groups in total. The first-order chi connectivity index (χ1) is 14.2. The fourth-order valence-electron chi connectivity index (χ4n) is 3.36. The monoisotopic (exact) mass is 413 g/mol. The predicted molar refractivity (Wildman–Crippen MR) is 106 cm³/mol. The third-order valence-electron chi connectivity index (χ3n) is 4.81. The van der Waals surface area contributed by atoms with Crippen LogP contribution < -0.4 is 11.3 Å². The molecule has 0 radical (unpaired) electrons. The lowest BCUT2D eigenvalue weighted by Crippen LogP contribution is -2.28. The van der Waals surface area contributed by atoms with Crippen molar-refractivity contribution >= 4 is 33.3 Å². The van der Waals surface area contributed by atoms with Crippen LogP contribution in [0.3, 0.4) is 0 Å². The highest BCUT2D eigenvalue weighted by Gasteiger charge is 2.32. The van der Waals surface area contributed by atoms with Crippen LogP contribution >= 0.6 is 0 Å². The summed E-state index contributed by atoms with van der Waals surface area (Å²) >= 11 is 0. The van der Waals surface area contributed by atoms with E-state index in [0.29, 0.717) is 5.39 Å². The molecule has 0 unspecified atom stereocenters. The van der Waals surface area contributed by atoms with E-state index in [2.05, 4.69) is 9.72 Å². The van der Waals surface area contributed by atoms with Gasteiger partial charge in [0, 0.05) is 28.9 Å². The Hall–Kier alpha value is -3.88. The molecule has 0 amide bonds. The standard InChI is InChI=1S/C21H14F3N3O3/c1-30-20(29)17-18(25)15-5-3-13(21(22,23)24)9-16(15)27(19(17)28)14-4-2-11-6-7-26-10-12(11)8-14/h2-10H,25H2,1H3. The van der Waals surface area contributed by atoms with Crippen LogP contribution in [0.5, 0.6) is 0 Å². The minimum Gasteiger partial charge on any atom is -0.465 e. The number of hydrogen-bond donors (Lipinski definition) is 1. The van der Waals surface area contributed by atoms with Gasteiger partial charge in [0.1, 0.15) is 5.56 Å². The van der Waals surface area contributed by atoms with Crippen LogP contribution in [0.1, 0.15) is 15.9 Å². The number of nitrogens with zero attached hydrogens (tertiary/aromatic N) is 2. The van der Waals surface area contributed by atoms with Crippen LogP contribution in [0.15, 0.2) is 59.7 Å². The summed E-state index contributed by atoms with van der Waals surface area (Å²) in [5.74, 6) is -0.976. The van der Waals surface area contributed by atoms with E-state index in [1.54, 1.807) is 36.7 Å². The minimum absolute atomic E-state index is 0.0804. The molecule has 0 spiro atoms. The molecular formula is C21H14F3N3O3. The zero-order valence-corrected chi connectivity index (χ0v) is 15.5. The lowest BCUT2D eigenvalue weighted by molar-refractivity contribution is -0.137. The Bertz CT molecular complexity index is 1380. The molecular weight excluding hydrogens is 399 g/mol. The minimum atomic E-state index is -4.63. The number of rotatable bonds is 2. The number of benzene rings is 2. The third-order valence-corrected chi connectivity index (χ3v) is 4.81. The molecule has 2 aromatic heterocycles. The van der Waals surface area contributed by atoms with Crippen molar-refractivity contribution in [2.45, 2.75) is 6.18 Å². The number of esters is 1. The van der Waals surface area contributed by atoms with Gasteiger partial charge >= 0.3 is 12.1 Å². The third kappa shape index (κ3) is 3.04. The summed E-state index contributed by atoms with van der Waals surface area (Å²) in [4.78, 5) is 29.4. The summed E-state index contributed by atoms with van der Waals surface area (Å²) in [5.41, 5.74) is 3.65. The largest absolute Gasteiger partial charge is 0.465 e. The van der Waals surface area contributed by atoms with Crippen molar-refractivity contribution in [3.8, 4) is 5.69 Å². The van der Waals surface area contributed by atoms with Crippen LogP contribution in [0, 0.1) is 0 Å². The smallest absolute Gasteiger partial charge is 0.416 e. The van der Waals surface area contributed by atoms with Crippen molar-refractivity contribution < 1.29 is 22.7 Å². The molecule has 4 rings (SSSR count). The first-order valence-corrected chi connectivity index (χ1v) is 8.70. The maximum atomic E-state index is 13.3. The van der Waals surface area contributed by atoms with E-state index < -0.39 is 28.8 Å². The van der Waals surface area contributed by atoms with Crippen LogP contribution in [0.4, 0.5) is 18.9 Å². The Morgan fingerprint density at radius 1 is 1.10 bits per heavy atom. The normalized spacial score (nSPS) is 11.7. The highest BCUT2D eigenvalue weighted by molar-refractivity contribution is 6.04. The van der Waals surface area contributed by atoms with Crippen molar-refractivity contribution in [3.05, 3.63) is 76.3 Å². The van der Waals surface area contributed by atoms with Crippen molar-refractivity contribution in [2.24, 2.45) is 0 Å². The van der Waals surface area contributed by atoms with Crippen molar-refractivity contribution in [3.63, 3.8) is 0 Å². The number of fused-ring (bicyclic) bond motifs is 2. The molecule has 9 heteroatoms. The number of hydrogen-bond acceptors (Lipinski definition) is 5. The molecule has 0 aliphatic heterocycles. The first-order valence-electron chi connectivity index (χ1n) is 8.70. The molecule has 2 heterocycles. The zero-order chi connectivity index (χ0) is 21.6. The second-order valence-electron chi connectivity index (χ2n) is 6.56. The van der Waals surface area contributed by atoms with Crippen molar-refractivity contribution in [1.29, 1.82) is 0 Å². The summed E-state index contributed by atoms with van der Waals surface area (Å²) in [6.45, 7) is 0. The summed E-state index contributed by atoms with van der Waals surface area (Å²) in [5, 5.41) is 1.61. The van der Waals surface area contributed by atoms with Crippen molar-refractivity contribution in [2.75, 3.05) is 12.8 Å². The molecule has 0 fully saturated rings. The second kappa shape index (κ2) is 6.87. The summed E-state index contributed by atoms with van der Waals surface area (Å²) in [7, 11) is 1.09. The quantitative estimate of drug-likeness (QED) is 0.503. The van der Waals surface area contributed by atoms with E-state index in [4.69, 9.17) is 5.73 Å². The molecule has 0 bridgehead atoms. The molecule has 0 aliphatic rings. The van der Waals surface area contributed by atoms with E-state index in [0.717, 1.165) is 35.3 Å². The number of ether oxygens (including phenoxy) is 1. The van der Waals surface area contributed by atoms with E-state index in [9.17, 15) is 22.8 Å². The van der Waals surface area contributed by atoms with E-state index in [1.165, 1.54) is 0 Å². The number of halogens is 3. The molecule has 0 saturated carbocycles. The number of carbonyl (C=O) groups excluding carboxylic acids is 1. The number of alkyl halides is 3. The Balaban J connectivity index is 2.16. The molecule has 6 nitrogen and oxygen atoms in total. The Kier molecular flexibility index (Phi) is 4.45. The van der Waals surface area contributed by atoms with Gasteiger partial charge in [-0.25, -0.2) is 4.79 Å². The number of nitrogen functional groups attached to an aromatic ring is 1. The average Bonchev–Trinajstić information content (AvgIpc) is 2.72. The number of carbonyl (C=O) groups is 1. The van der Waals surface area contributed by atoms with E-state index >= 15 is 0 Å². The highest BCUT2D eigenvalue weighted by atomic mass is 19.4. The van der Waals surface area contributed by atoms with E-state index in [-0.39, 0.29) is 22.3 Å². The fourth-order valence-corrected chi connectivity index (χ4v) is 3.36. The molecule has 4 aromatic rings. The number of nitrogens with two attached hydrogens (primary N) is 1. The Morgan fingerprint density at radius 3 is 2.57 bits per heavy atom. The molecule has 0 aliphatic carbocycles. The number of pyridine rings is 2. The second-order valence-corrected chi connectivity index (χ2v) is 6.56. The predicted octanol–water partition coefficient (Wildman–Crippen LogP) is 3.93. The zero-order valence-electron chi connectivity index (χ0n) is 15.5. The fraction of sp³-hybridized carbons (Fsp3) is 0.0952. The van der Waals surface area contributed by atoms with Gasteiger partial charge < -0.3 is 10.5 Å². The number of aromatic nitrogens is 2. The van der Waals surface area contributed by atoms with Gasteiger partial charge in [-0.2, -0.15) is 13.2 Å². The summed E-state index contributed by atoms with van der Waals surface area (Å²) < 4.78 is 45.7. The lowest BCUT2D eigenvalue weighted by Gasteiger charge is -2.17. The van der Waals surface area contributed by atoms with Crippen LogP contribution in [0.25, 0.3) is 27.4 Å². The first kappa shape index (κ1) is 19.4. The van der Waals surface area contributed by atoms with Gasteiger partial charge in [-0.3, -0.25) is 14.3 Å². The molecule has 30 heavy (non-hydrogen) atoms. The van der Waals surface area contributed by atoms with Crippen molar-refractivity contribution in [1.82, 2.24) is 9.55 Å². The maximum absolute atomic E-state index is 13.3. The molecule has 2 aromatic carbocycles. The number of methoxy groups -OCH3 is 1.